The van der Waals surface area contributed by atoms with Crippen LogP contribution in [0.3, 0.4) is 0 Å². The highest BCUT2D eigenvalue weighted by Crippen LogP contribution is 2.17. The first-order valence-corrected chi connectivity index (χ1v) is 6.41. The molecule has 0 aliphatic carbocycles. The number of piperazine rings is 1. The molecule has 0 saturated carbocycles. The largest absolute Gasteiger partial charge is 0.382 e. The van der Waals surface area contributed by atoms with Gasteiger partial charge in [-0.2, -0.15) is 0 Å². The van der Waals surface area contributed by atoms with E-state index in [1.54, 1.807) is 6.07 Å². The van der Waals surface area contributed by atoms with E-state index in [-0.39, 0.29) is 11.4 Å². The van der Waals surface area contributed by atoms with E-state index < -0.39 is 5.91 Å². The molecule has 1 amide bonds. The minimum Gasteiger partial charge on any atom is -0.382 e. The number of aromatic nitrogens is 2. The summed E-state index contributed by atoms with van der Waals surface area (Å²) in [6.45, 7) is 8.02. The molecule has 1 saturated heterocycles. The van der Waals surface area contributed by atoms with Crippen molar-refractivity contribution in [2.45, 2.75) is 19.9 Å². The summed E-state index contributed by atoms with van der Waals surface area (Å²) in [5, 5.41) is 7.84. The summed E-state index contributed by atoms with van der Waals surface area (Å²) < 4.78 is 0. The van der Waals surface area contributed by atoms with E-state index in [1.165, 1.54) is 0 Å². The Balaban J connectivity index is 2.12. The monoisotopic (exact) mass is 264 g/mol. The minimum absolute atomic E-state index is 0.0806. The lowest BCUT2D eigenvalue weighted by Crippen LogP contribution is -2.49. The molecule has 104 valence electrons. The molecule has 1 fully saturated rings. The van der Waals surface area contributed by atoms with Gasteiger partial charge >= 0.3 is 0 Å². The van der Waals surface area contributed by atoms with Gasteiger partial charge in [-0.3, -0.25) is 9.69 Å². The van der Waals surface area contributed by atoms with Crippen LogP contribution in [0.4, 0.5) is 11.6 Å². The predicted molar refractivity (Wildman–Crippen MR) is 73.9 cm³/mol. The molecule has 1 aliphatic rings. The van der Waals surface area contributed by atoms with Gasteiger partial charge in [0.15, 0.2) is 11.6 Å². The summed E-state index contributed by atoms with van der Waals surface area (Å²) in [7, 11) is 0. The van der Waals surface area contributed by atoms with E-state index in [9.17, 15) is 4.79 Å². The van der Waals surface area contributed by atoms with E-state index in [0.29, 0.717) is 11.9 Å². The Labute approximate surface area is 112 Å². The standard InChI is InChI=1S/C12H20N6O/c1-8(2)17-3-5-18(6-4-17)10-7-9(12(14)19)11(13)16-15-10/h7-8H,3-6H2,1-2H3,(H2,13,16)(H2,14,19). The van der Waals surface area contributed by atoms with Gasteiger partial charge in [0, 0.05) is 32.2 Å². The second-order valence-corrected chi connectivity index (χ2v) is 4.98. The second-order valence-electron chi connectivity index (χ2n) is 4.98. The topological polar surface area (TPSA) is 101 Å². The molecule has 0 spiro atoms. The number of carbonyl (C=O) groups excluding carboxylic acids is 1. The average Bonchev–Trinajstić information content (AvgIpc) is 2.39. The molecular formula is C12H20N6O. The maximum absolute atomic E-state index is 11.2. The van der Waals surface area contributed by atoms with Crippen molar-refractivity contribution in [2.75, 3.05) is 36.8 Å². The first-order valence-electron chi connectivity index (χ1n) is 6.41. The van der Waals surface area contributed by atoms with Gasteiger partial charge in [-0.1, -0.05) is 0 Å². The van der Waals surface area contributed by atoms with Crippen molar-refractivity contribution in [3.63, 3.8) is 0 Å². The van der Waals surface area contributed by atoms with Crippen molar-refractivity contribution < 1.29 is 4.79 Å². The molecule has 2 rings (SSSR count). The zero-order valence-electron chi connectivity index (χ0n) is 11.3. The van der Waals surface area contributed by atoms with Crippen LogP contribution in [0.1, 0.15) is 24.2 Å². The number of primary amides is 1. The van der Waals surface area contributed by atoms with Crippen LogP contribution in [-0.4, -0.2) is 53.2 Å². The number of rotatable bonds is 3. The molecular weight excluding hydrogens is 244 g/mol. The normalized spacial score (nSPS) is 16.9. The Morgan fingerprint density at radius 2 is 1.89 bits per heavy atom. The van der Waals surface area contributed by atoms with Gasteiger partial charge in [-0.25, -0.2) is 0 Å². The number of nitrogens with zero attached hydrogens (tertiary/aromatic N) is 4. The molecule has 7 nitrogen and oxygen atoms in total. The van der Waals surface area contributed by atoms with Crippen LogP contribution in [0, 0.1) is 0 Å². The van der Waals surface area contributed by atoms with Gasteiger partial charge in [0.25, 0.3) is 5.91 Å². The molecule has 0 atom stereocenters. The second kappa shape index (κ2) is 5.40. The molecule has 0 unspecified atom stereocenters. The molecule has 1 aliphatic heterocycles. The Kier molecular flexibility index (Phi) is 3.84. The van der Waals surface area contributed by atoms with Gasteiger partial charge in [-0.15, -0.1) is 10.2 Å². The molecule has 4 N–H and O–H groups in total. The molecule has 0 bridgehead atoms. The van der Waals surface area contributed by atoms with Gasteiger partial charge in [-0.05, 0) is 19.9 Å². The number of hydrogen-bond donors (Lipinski definition) is 2. The number of anilines is 2. The van der Waals surface area contributed by atoms with Crippen molar-refractivity contribution in [2.24, 2.45) is 5.73 Å². The van der Waals surface area contributed by atoms with E-state index in [2.05, 4.69) is 33.8 Å². The smallest absolute Gasteiger partial charge is 0.252 e. The highest BCUT2D eigenvalue weighted by Gasteiger charge is 2.21. The Bertz CT molecular complexity index is 467. The molecule has 0 aromatic carbocycles. The Morgan fingerprint density at radius 1 is 1.26 bits per heavy atom. The number of nitrogen functional groups attached to an aromatic ring is 1. The average molecular weight is 264 g/mol. The first kappa shape index (κ1) is 13.5. The van der Waals surface area contributed by atoms with Crippen molar-refractivity contribution in [1.82, 2.24) is 15.1 Å². The molecule has 2 heterocycles. The highest BCUT2D eigenvalue weighted by atomic mass is 16.1. The minimum atomic E-state index is -0.575. The van der Waals surface area contributed by atoms with E-state index in [0.717, 1.165) is 26.2 Å². The van der Waals surface area contributed by atoms with Gasteiger partial charge < -0.3 is 16.4 Å². The van der Waals surface area contributed by atoms with Crippen molar-refractivity contribution in [1.29, 1.82) is 0 Å². The summed E-state index contributed by atoms with van der Waals surface area (Å²) in [6.07, 6.45) is 0. The van der Waals surface area contributed by atoms with Crippen LogP contribution in [0.5, 0.6) is 0 Å². The summed E-state index contributed by atoms with van der Waals surface area (Å²) >= 11 is 0. The van der Waals surface area contributed by atoms with E-state index in [4.69, 9.17) is 11.5 Å². The van der Waals surface area contributed by atoms with Gasteiger partial charge in [0.1, 0.15) is 0 Å². The van der Waals surface area contributed by atoms with E-state index >= 15 is 0 Å². The van der Waals surface area contributed by atoms with Crippen LogP contribution in [0.2, 0.25) is 0 Å². The highest BCUT2D eigenvalue weighted by molar-refractivity contribution is 5.97. The third kappa shape index (κ3) is 2.93. The number of nitrogens with two attached hydrogens (primary N) is 2. The lowest BCUT2D eigenvalue weighted by atomic mass is 10.2. The van der Waals surface area contributed by atoms with Crippen LogP contribution >= 0.6 is 0 Å². The SMILES string of the molecule is CC(C)N1CCN(c2cc(C(N)=O)c(N)nn2)CC1. The van der Waals surface area contributed by atoms with Crippen LogP contribution < -0.4 is 16.4 Å². The zero-order valence-corrected chi connectivity index (χ0v) is 11.3. The molecule has 7 heteroatoms. The summed E-state index contributed by atoms with van der Waals surface area (Å²) in [5.74, 6) is 0.165. The number of carbonyl (C=O) groups is 1. The maximum Gasteiger partial charge on any atom is 0.252 e. The molecule has 19 heavy (non-hydrogen) atoms. The van der Waals surface area contributed by atoms with Crippen LogP contribution in [0.15, 0.2) is 6.07 Å². The van der Waals surface area contributed by atoms with Crippen LogP contribution in [-0.2, 0) is 0 Å². The van der Waals surface area contributed by atoms with Crippen LogP contribution in [0.25, 0.3) is 0 Å². The van der Waals surface area contributed by atoms with Crippen molar-refractivity contribution in [3.05, 3.63) is 11.6 Å². The molecule has 1 aromatic heterocycles. The summed E-state index contributed by atoms with van der Waals surface area (Å²) in [5.41, 5.74) is 11.1. The van der Waals surface area contributed by atoms with Crippen molar-refractivity contribution in [3.8, 4) is 0 Å². The first-order chi connectivity index (χ1) is 8.99. The Morgan fingerprint density at radius 3 is 2.42 bits per heavy atom. The fourth-order valence-corrected chi connectivity index (χ4v) is 2.21. The van der Waals surface area contributed by atoms with Crippen molar-refractivity contribution >= 4 is 17.5 Å². The summed E-state index contributed by atoms with van der Waals surface area (Å²) in [6, 6.07) is 2.16. The third-order valence-electron chi connectivity index (χ3n) is 3.44. The maximum atomic E-state index is 11.2. The predicted octanol–water partition coefficient (Wildman–Crippen LogP) is -0.312. The number of hydrogen-bond acceptors (Lipinski definition) is 6. The lowest BCUT2D eigenvalue weighted by Gasteiger charge is -2.37. The zero-order chi connectivity index (χ0) is 14.0. The van der Waals surface area contributed by atoms with Gasteiger partial charge in [0.05, 0.1) is 5.56 Å². The number of amides is 1. The fourth-order valence-electron chi connectivity index (χ4n) is 2.21. The third-order valence-corrected chi connectivity index (χ3v) is 3.44. The van der Waals surface area contributed by atoms with Gasteiger partial charge in [0.2, 0.25) is 0 Å². The fraction of sp³-hybridized carbons (Fsp3) is 0.583. The molecule has 1 aromatic rings. The summed E-state index contributed by atoms with van der Waals surface area (Å²) in [4.78, 5) is 15.7. The lowest BCUT2D eigenvalue weighted by molar-refractivity contribution is 0.100. The Hall–Kier alpha value is -1.89. The van der Waals surface area contributed by atoms with E-state index in [1.807, 2.05) is 0 Å². The molecule has 0 radical (unpaired) electrons. The quantitative estimate of drug-likeness (QED) is 0.776.